The van der Waals surface area contributed by atoms with Crippen LogP contribution in [0, 0.1) is 10.6 Å². The third kappa shape index (κ3) is 1.57. The first kappa shape index (κ1) is 11.2. The van der Waals surface area contributed by atoms with Crippen molar-refractivity contribution in [2.45, 2.75) is 6.92 Å². The van der Waals surface area contributed by atoms with Gasteiger partial charge in [-0.15, -0.1) is 0 Å². The fourth-order valence-electron chi connectivity index (χ4n) is 2.71. The van der Waals surface area contributed by atoms with E-state index in [0.29, 0.717) is 0 Å². The summed E-state index contributed by atoms with van der Waals surface area (Å²) in [4.78, 5) is 4.68. The minimum Gasteiger partial charge on any atom is -0.298 e. The molecule has 4 rings (SSSR count). The summed E-state index contributed by atoms with van der Waals surface area (Å²) in [5.41, 5.74) is 3.52. The molecule has 0 fully saturated rings. The molecular weight excluding hydrogens is 347 g/mol. The Labute approximate surface area is 124 Å². The number of aromatic nitrogens is 2. The molecule has 0 atom stereocenters. The number of halogens is 1. The van der Waals surface area contributed by atoms with Crippen molar-refractivity contribution >= 4 is 49.9 Å². The summed E-state index contributed by atoms with van der Waals surface area (Å²) >= 11 is 2.28. The molecule has 3 heteroatoms. The normalized spacial score (nSPS) is 11.7. The van der Waals surface area contributed by atoms with Gasteiger partial charge in [-0.25, -0.2) is 4.98 Å². The van der Waals surface area contributed by atoms with Crippen molar-refractivity contribution in [3.05, 3.63) is 57.9 Å². The third-order valence-electron chi connectivity index (χ3n) is 3.55. The Balaban J connectivity index is 2.42. The lowest BCUT2D eigenvalue weighted by Gasteiger charge is -2.08. The lowest BCUT2D eigenvalue weighted by Crippen LogP contribution is -1.90. The van der Waals surface area contributed by atoms with Crippen LogP contribution in [0.1, 0.15) is 5.56 Å². The first-order chi connectivity index (χ1) is 9.24. The molecule has 92 valence electrons. The second-order valence-corrected chi connectivity index (χ2v) is 5.93. The summed E-state index contributed by atoms with van der Waals surface area (Å²) in [6.45, 7) is 2.12. The van der Waals surface area contributed by atoms with Gasteiger partial charge in [-0.1, -0.05) is 35.9 Å². The van der Waals surface area contributed by atoms with E-state index in [0.717, 1.165) is 9.35 Å². The molecule has 4 aromatic rings. The number of pyridine rings is 1. The monoisotopic (exact) mass is 358 g/mol. The topological polar surface area (TPSA) is 17.3 Å². The number of rotatable bonds is 0. The van der Waals surface area contributed by atoms with Crippen molar-refractivity contribution in [2.75, 3.05) is 0 Å². The fourth-order valence-corrected chi connectivity index (χ4v) is 3.22. The molecular formula is C16H11IN2. The smallest absolute Gasteiger partial charge is 0.146 e. The van der Waals surface area contributed by atoms with Crippen molar-refractivity contribution in [3.63, 3.8) is 0 Å². The van der Waals surface area contributed by atoms with Crippen molar-refractivity contribution in [2.24, 2.45) is 0 Å². The highest BCUT2D eigenvalue weighted by Crippen LogP contribution is 2.30. The molecule has 2 aromatic heterocycles. The van der Waals surface area contributed by atoms with Crippen LogP contribution in [0.2, 0.25) is 0 Å². The number of nitrogens with zero attached hydrogens (tertiary/aromatic N) is 2. The van der Waals surface area contributed by atoms with Crippen molar-refractivity contribution in [1.29, 1.82) is 0 Å². The number of fused-ring (bicyclic) bond motifs is 6. The van der Waals surface area contributed by atoms with Crippen LogP contribution in [0.4, 0.5) is 0 Å². The lowest BCUT2D eigenvalue weighted by molar-refractivity contribution is 1.27. The molecule has 0 amide bonds. The molecule has 0 radical (unpaired) electrons. The number of benzene rings is 2. The van der Waals surface area contributed by atoms with Gasteiger partial charge in [0, 0.05) is 17.0 Å². The summed E-state index contributed by atoms with van der Waals surface area (Å²) in [5.74, 6) is 0. The zero-order chi connectivity index (χ0) is 13.0. The summed E-state index contributed by atoms with van der Waals surface area (Å²) in [5, 5.41) is 3.77. The molecule has 19 heavy (non-hydrogen) atoms. The second kappa shape index (κ2) is 3.93. The van der Waals surface area contributed by atoms with E-state index in [1.807, 2.05) is 0 Å². The van der Waals surface area contributed by atoms with Crippen LogP contribution in [0.15, 0.2) is 48.7 Å². The highest BCUT2D eigenvalue weighted by Gasteiger charge is 2.10. The summed E-state index contributed by atoms with van der Waals surface area (Å²) in [6, 6.07) is 15.1. The SMILES string of the molecule is Cc1ccc2c3ccccc3n3cc(I)nc3c2c1. The van der Waals surface area contributed by atoms with Crippen LogP contribution in [0.25, 0.3) is 27.3 Å². The molecule has 2 nitrogen and oxygen atoms in total. The average molecular weight is 358 g/mol. The Morgan fingerprint density at radius 2 is 1.84 bits per heavy atom. The Bertz CT molecular complexity index is 938. The van der Waals surface area contributed by atoms with E-state index in [1.54, 1.807) is 0 Å². The van der Waals surface area contributed by atoms with Crippen LogP contribution < -0.4 is 0 Å². The predicted molar refractivity (Wildman–Crippen MR) is 87.7 cm³/mol. The van der Waals surface area contributed by atoms with E-state index in [9.17, 15) is 0 Å². The van der Waals surface area contributed by atoms with E-state index < -0.39 is 0 Å². The molecule has 0 aliphatic carbocycles. The van der Waals surface area contributed by atoms with Crippen LogP contribution in [-0.2, 0) is 0 Å². The van der Waals surface area contributed by atoms with Gasteiger partial charge in [0.15, 0.2) is 0 Å². The first-order valence-electron chi connectivity index (χ1n) is 6.20. The minimum absolute atomic E-state index is 1.02. The Morgan fingerprint density at radius 1 is 1.00 bits per heavy atom. The Hall–Kier alpha value is -1.62. The second-order valence-electron chi connectivity index (χ2n) is 4.82. The van der Waals surface area contributed by atoms with E-state index in [4.69, 9.17) is 0 Å². The summed E-state index contributed by atoms with van der Waals surface area (Å²) in [7, 11) is 0. The minimum atomic E-state index is 1.02. The predicted octanol–water partition coefficient (Wildman–Crippen LogP) is 4.55. The van der Waals surface area contributed by atoms with Crippen LogP contribution in [0.3, 0.4) is 0 Å². The summed E-state index contributed by atoms with van der Waals surface area (Å²) in [6.07, 6.45) is 2.10. The van der Waals surface area contributed by atoms with Crippen LogP contribution in [-0.4, -0.2) is 9.38 Å². The van der Waals surface area contributed by atoms with Gasteiger partial charge in [0.05, 0.1) is 5.52 Å². The maximum Gasteiger partial charge on any atom is 0.146 e. The maximum atomic E-state index is 4.68. The molecule has 2 aromatic carbocycles. The first-order valence-corrected chi connectivity index (χ1v) is 7.27. The molecule has 0 saturated carbocycles. The number of imidazole rings is 1. The van der Waals surface area contributed by atoms with Crippen molar-refractivity contribution < 1.29 is 0 Å². The van der Waals surface area contributed by atoms with E-state index in [2.05, 4.69) is 87.6 Å². The zero-order valence-electron chi connectivity index (χ0n) is 10.4. The van der Waals surface area contributed by atoms with Crippen LogP contribution in [0.5, 0.6) is 0 Å². The van der Waals surface area contributed by atoms with Crippen LogP contribution >= 0.6 is 22.6 Å². The maximum absolute atomic E-state index is 4.68. The van der Waals surface area contributed by atoms with Crippen molar-refractivity contribution in [3.8, 4) is 0 Å². The largest absolute Gasteiger partial charge is 0.298 e. The van der Waals surface area contributed by atoms with E-state index in [-0.39, 0.29) is 0 Å². The molecule has 0 saturated heterocycles. The molecule has 0 aliphatic heterocycles. The van der Waals surface area contributed by atoms with Gasteiger partial charge in [-0.3, -0.25) is 4.40 Å². The molecule has 2 heterocycles. The quantitative estimate of drug-likeness (QED) is 0.333. The van der Waals surface area contributed by atoms with Gasteiger partial charge < -0.3 is 0 Å². The number of aryl methyl sites for hydroxylation is 1. The highest BCUT2D eigenvalue weighted by atomic mass is 127. The van der Waals surface area contributed by atoms with Gasteiger partial charge in [-0.2, -0.15) is 0 Å². The number of hydrogen-bond donors (Lipinski definition) is 0. The molecule has 0 bridgehead atoms. The van der Waals surface area contributed by atoms with Gasteiger partial charge in [0.2, 0.25) is 0 Å². The molecule has 0 spiro atoms. The number of para-hydroxylation sites is 1. The van der Waals surface area contributed by atoms with Gasteiger partial charge in [0.25, 0.3) is 0 Å². The average Bonchev–Trinajstić information content (AvgIpc) is 2.81. The van der Waals surface area contributed by atoms with Gasteiger partial charge in [-0.05, 0) is 47.0 Å². The fraction of sp³-hybridized carbons (Fsp3) is 0.0625. The lowest BCUT2D eigenvalue weighted by atomic mass is 10.0. The van der Waals surface area contributed by atoms with E-state index in [1.165, 1.54) is 27.2 Å². The summed E-state index contributed by atoms with van der Waals surface area (Å²) < 4.78 is 3.22. The third-order valence-corrected chi connectivity index (χ3v) is 4.07. The molecule has 0 unspecified atom stereocenters. The number of hydrogen-bond acceptors (Lipinski definition) is 1. The molecule has 0 aliphatic rings. The highest BCUT2D eigenvalue weighted by molar-refractivity contribution is 14.1. The van der Waals surface area contributed by atoms with Crippen molar-refractivity contribution in [1.82, 2.24) is 9.38 Å². The molecule has 0 N–H and O–H groups in total. The van der Waals surface area contributed by atoms with Gasteiger partial charge >= 0.3 is 0 Å². The van der Waals surface area contributed by atoms with E-state index >= 15 is 0 Å². The standard InChI is InChI=1S/C16H11IN2/c1-10-6-7-11-12-4-2-3-5-14(12)19-9-15(17)18-16(19)13(11)8-10/h2-9H,1H3. The zero-order valence-corrected chi connectivity index (χ0v) is 12.5. The Morgan fingerprint density at radius 3 is 2.74 bits per heavy atom. The Kier molecular flexibility index (Phi) is 2.33. The van der Waals surface area contributed by atoms with Gasteiger partial charge in [0.1, 0.15) is 9.35 Å².